The van der Waals surface area contributed by atoms with Crippen LogP contribution in [0.4, 0.5) is 17.6 Å². The summed E-state index contributed by atoms with van der Waals surface area (Å²) in [6.07, 6.45) is 5.11. The summed E-state index contributed by atoms with van der Waals surface area (Å²) >= 11 is 0. The highest BCUT2D eigenvalue weighted by atomic mass is 16.5. The molecule has 4 N–H and O–H groups in total. The number of imidazole rings is 1. The number of carbonyl (C=O) groups excluding carboxylic acids is 1. The lowest BCUT2D eigenvalue weighted by Gasteiger charge is -2.23. The molecule has 0 saturated carbocycles. The Kier molecular flexibility index (Phi) is 6.03. The van der Waals surface area contributed by atoms with Gasteiger partial charge in [-0.2, -0.15) is 4.98 Å². The maximum Gasteiger partial charge on any atom is 0.240 e. The van der Waals surface area contributed by atoms with Gasteiger partial charge in [0.15, 0.2) is 11.5 Å². The Balaban J connectivity index is 1.46. The van der Waals surface area contributed by atoms with Gasteiger partial charge in [0.05, 0.1) is 38.9 Å². The fourth-order valence-corrected chi connectivity index (χ4v) is 4.56. The van der Waals surface area contributed by atoms with Crippen molar-refractivity contribution >= 4 is 23.5 Å². The van der Waals surface area contributed by atoms with E-state index in [9.17, 15) is 4.79 Å². The van der Waals surface area contributed by atoms with Gasteiger partial charge in [0.1, 0.15) is 24.0 Å². The molecule has 4 heterocycles. The lowest BCUT2D eigenvalue weighted by atomic mass is 10.2. The van der Waals surface area contributed by atoms with Crippen molar-refractivity contribution in [2.24, 2.45) is 5.73 Å². The van der Waals surface area contributed by atoms with Gasteiger partial charge in [-0.05, 0) is 12.8 Å². The van der Waals surface area contributed by atoms with Crippen molar-refractivity contribution in [2.45, 2.75) is 32.0 Å². The molecule has 35 heavy (non-hydrogen) atoms. The number of benzene rings is 1. The lowest BCUT2D eigenvalue weighted by Crippen LogP contribution is -2.41. The van der Waals surface area contributed by atoms with Gasteiger partial charge in [-0.3, -0.25) is 4.79 Å². The fraction of sp³-hybridized carbons (Fsp3) is 0.391. The van der Waals surface area contributed by atoms with E-state index in [2.05, 4.69) is 15.6 Å². The number of anilines is 3. The molecule has 0 radical (unpaired) electrons. The quantitative estimate of drug-likeness (QED) is 0.434. The number of carbonyl (C=O) groups is 1. The molecule has 2 aromatic heterocycles. The second-order valence-electron chi connectivity index (χ2n) is 8.33. The number of aromatic nitrogens is 4. The number of nitrogens with zero attached hydrogens (tertiary/aromatic N) is 5. The molecular weight excluding hydrogens is 452 g/mol. The van der Waals surface area contributed by atoms with E-state index in [1.807, 2.05) is 27.8 Å². The van der Waals surface area contributed by atoms with Crippen molar-refractivity contribution in [3.63, 3.8) is 0 Å². The first-order valence-corrected chi connectivity index (χ1v) is 11.3. The molecule has 0 unspecified atom stereocenters. The van der Waals surface area contributed by atoms with Crippen molar-refractivity contribution in [1.29, 1.82) is 0 Å². The molecule has 0 spiro atoms. The van der Waals surface area contributed by atoms with Crippen LogP contribution in [-0.2, 0) is 17.9 Å². The van der Waals surface area contributed by atoms with E-state index in [-0.39, 0.29) is 5.91 Å². The third kappa shape index (κ3) is 4.16. The molecule has 5 rings (SSSR count). The molecule has 1 atom stereocenters. The predicted octanol–water partition coefficient (Wildman–Crippen LogP) is 1.49. The number of amides is 1. The van der Waals surface area contributed by atoms with Crippen LogP contribution in [0, 0.1) is 0 Å². The van der Waals surface area contributed by atoms with E-state index in [4.69, 9.17) is 29.9 Å². The summed E-state index contributed by atoms with van der Waals surface area (Å²) in [6, 6.07) is 3.29. The third-order valence-electron chi connectivity index (χ3n) is 6.29. The molecule has 1 fully saturated rings. The normalized spacial score (nSPS) is 16.8. The highest BCUT2D eigenvalue weighted by Gasteiger charge is 2.32. The van der Waals surface area contributed by atoms with E-state index in [0.717, 1.165) is 23.4 Å². The number of rotatable bonds is 8. The van der Waals surface area contributed by atoms with Gasteiger partial charge in [0.2, 0.25) is 17.6 Å². The Morgan fingerprint density at radius 2 is 1.91 bits per heavy atom. The van der Waals surface area contributed by atoms with E-state index < -0.39 is 6.04 Å². The Labute approximate surface area is 202 Å². The Morgan fingerprint density at radius 1 is 1.14 bits per heavy atom. The SMILES string of the molecule is COc1cc(-n2cnc(Nc3nc(N4CCC[C@H]4C(N)=O)nc4c3CNC4)c2)cc(OC)c1OC. The number of nitrogens with two attached hydrogens (primary N) is 1. The minimum Gasteiger partial charge on any atom is -0.493 e. The summed E-state index contributed by atoms with van der Waals surface area (Å²) in [4.78, 5) is 27.8. The highest BCUT2D eigenvalue weighted by molar-refractivity contribution is 5.83. The van der Waals surface area contributed by atoms with Crippen molar-refractivity contribution in [2.75, 3.05) is 38.1 Å². The average Bonchev–Trinajstić information content (AvgIpc) is 3.63. The Bertz CT molecular complexity index is 1240. The summed E-state index contributed by atoms with van der Waals surface area (Å²) in [5.41, 5.74) is 8.28. The third-order valence-corrected chi connectivity index (χ3v) is 6.29. The molecule has 1 aromatic carbocycles. The molecule has 0 aliphatic carbocycles. The van der Waals surface area contributed by atoms with E-state index in [1.165, 1.54) is 0 Å². The summed E-state index contributed by atoms with van der Waals surface area (Å²) in [7, 11) is 4.72. The lowest BCUT2D eigenvalue weighted by molar-refractivity contribution is -0.119. The van der Waals surface area contributed by atoms with Crippen LogP contribution in [0.15, 0.2) is 24.7 Å². The first kappa shape index (κ1) is 22.7. The summed E-state index contributed by atoms with van der Waals surface area (Å²) < 4.78 is 18.2. The molecule has 184 valence electrons. The minimum atomic E-state index is -0.394. The second-order valence-corrected chi connectivity index (χ2v) is 8.33. The van der Waals surface area contributed by atoms with Crippen LogP contribution in [0.25, 0.3) is 5.69 Å². The molecular formula is C23H28N8O4. The number of hydrogen-bond donors (Lipinski definition) is 3. The van der Waals surface area contributed by atoms with Gasteiger partial charge in [-0.15, -0.1) is 0 Å². The number of primary amides is 1. The smallest absolute Gasteiger partial charge is 0.240 e. The number of fused-ring (bicyclic) bond motifs is 1. The number of methoxy groups -OCH3 is 3. The first-order chi connectivity index (χ1) is 17.0. The van der Waals surface area contributed by atoms with Crippen LogP contribution in [0.1, 0.15) is 24.1 Å². The predicted molar refractivity (Wildman–Crippen MR) is 129 cm³/mol. The zero-order valence-electron chi connectivity index (χ0n) is 19.9. The topological polar surface area (TPSA) is 142 Å². The number of hydrogen-bond acceptors (Lipinski definition) is 10. The fourth-order valence-electron chi connectivity index (χ4n) is 4.56. The van der Waals surface area contributed by atoms with Crippen LogP contribution in [0.2, 0.25) is 0 Å². The summed E-state index contributed by atoms with van der Waals surface area (Å²) in [6.45, 7) is 1.97. The summed E-state index contributed by atoms with van der Waals surface area (Å²) in [5.74, 6) is 3.01. The van der Waals surface area contributed by atoms with Crippen molar-refractivity contribution in [1.82, 2.24) is 24.8 Å². The van der Waals surface area contributed by atoms with E-state index >= 15 is 0 Å². The van der Waals surface area contributed by atoms with E-state index in [0.29, 0.717) is 60.9 Å². The van der Waals surface area contributed by atoms with Crippen molar-refractivity contribution in [3.8, 4) is 22.9 Å². The van der Waals surface area contributed by atoms with Crippen molar-refractivity contribution < 1.29 is 19.0 Å². The second kappa shape index (κ2) is 9.29. The van der Waals surface area contributed by atoms with Crippen LogP contribution < -0.4 is 35.5 Å². The Morgan fingerprint density at radius 3 is 2.60 bits per heavy atom. The number of nitrogens with one attached hydrogen (secondary N) is 2. The molecule has 3 aromatic rings. The van der Waals surface area contributed by atoms with Gasteiger partial charge in [-0.1, -0.05) is 0 Å². The van der Waals surface area contributed by atoms with Crippen LogP contribution in [0.5, 0.6) is 17.2 Å². The molecule has 12 nitrogen and oxygen atoms in total. The minimum absolute atomic E-state index is 0.358. The molecule has 2 aliphatic heterocycles. The molecule has 1 saturated heterocycles. The van der Waals surface area contributed by atoms with Crippen molar-refractivity contribution in [3.05, 3.63) is 35.9 Å². The number of ether oxygens (including phenoxy) is 3. The Hall–Kier alpha value is -4.06. The standard InChI is InChI=1S/C23H28N8O4/c1-33-17-7-13(8-18(34-2)20(17)35-3)30-11-19(26-12-30)28-22-14-9-25-10-15(14)27-23(29-22)31-6-4-5-16(31)21(24)32/h7-8,11-12,16,25H,4-6,9-10H2,1-3H3,(H2,24,32)(H,27,28,29)/t16-/m0/s1. The molecule has 1 amide bonds. The van der Waals surface area contributed by atoms with Gasteiger partial charge in [0.25, 0.3) is 0 Å². The van der Waals surface area contributed by atoms with Gasteiger partial charge >= 0.3 is 0 Å². The monoisotopic (exact) mass is 480 g/mol. The maximum atomic E-state index is 11.9. The molecule has 12 heteroatoms. The molecule has 2 aliphatic rings. The maximum absolute atomic E-state index is 11.9. The largest absolute Gasteiger partial charge is 0.493 e. The zero-order chi connectivity index (χ0) is 24.5. The van der Waals surface area contributed by atoms with Crippen LogP contribution in [-0.4, -0.2) is 59.3 Å². The summed E-state index contributed by atoms with van der Waals surface area (Å²) in [5, 5.41) is 6.64. The zero-order valence-corrected chi connectivity index (χ0v) is 19.9. The average molecular weight is 481 g/mol. The first-order valence-electron chi connectivity index (χ1n) is 11.3. The van der Waals surface area contributed by atoms with Gasteiger partial charge in [-0.25, -0.2) is 9.97 Å². The van der Waals surface area contributed by atoms with Crippen LogP contribution >= 0.6 is 0 Å². The van der Waals surface area contributed by atoms with E-state index in [1.54, 1.807) is 27.7 Å². The molecule has 0 bridgehead atoms. The highest BCUT2D eigenvalue weighted by Crippen LogP contribution is 2.39. The van der Waals surface area contributed by atoms with Gasteiger partial charge in [0, 0.05) is 37.3 Å². The van der Waals surface area contributed by atoms with Crippen LogP contribution in [0.3, 0.4) is 0 Å². The van der Waals surface area contributed by atoms with Gasteiger partial charge < -0.3 is 40.0 Å².